The van der Waals surface area contributed by atoms with Crippen molar-refractivity contribution in [3.63, 3.8) is 0 Å². The molecule has 2 N–H and O–H groups in total. The number of aromatic nitrogens is 1. The number of fused-ring (bicyclic) bond motifs is 1. The molecule has 0 saturated heterocycles. The normalized spacial score (nSPS) is 16.0. The summed E-state index contributed by atoms with van der Waals surface area (Å²) in [6.45, 7) is 3.13. The molecule has 9 heteroatoms. The minimum Gasteiger partial charge on any atom is -0.493 e. The quantitative estimate of drug-likeness (QED) is 0.351. The van der Waals surface area contributed by atoms with Crippen molar-refractivity contribution in [2.24, 2.45) is 5.92 Å². The predicted octanol–water partition coefficient (Wildman–Crippen LogP) is 5.34. The summed E-state index contributed by atoms with van der Waals surface area (Å²) in [6, 6.07) is 11.7. The molecule has 1 aromatic heterocycles. The number of nitrogens with one attached hydrogen (secondary N) is 1. The number of aryl methyl sites for hydroxylation is 1. The van der Waals surface area contributed by atoms with Gasteiger partial charge in [0.25, 0.3) is 5.91 Å². The number of aliphatic hydroxyl groups is 1. The average molecular weight is 555 g/mol. The van der Waals surface area contributed by atoms with Gasteiger partial charge >= 0.3 is 0 Å². The Morgan fingerprint density at radius 1 is 1.23 bits per heavy atom. The highest BCUT2D eigenvalue weighted by atomic mass is 35.5. The molecule has 5 rings (SSSR count). The maximum atomic E-state index is 13.9. The second-order valence-electron chi connectivity index (χ2n) is 10.2. The molecule has 0 radical (unpaired) electrons. The van der Waals surface area contributed by atoms with Crippen LogP contribution in [-0.2, 0) is 11.8 Å². The molecule has 1 unspecified atom stereocenters. The van der Waals surface area contributed by atoms with E-state index in [-0.39, 0.29) is 24.1 Å². The SMILES string of the molecule is COc1cc(C(=O)NCC(C)(c2cc3c(c(-c4ccc(F)c(Cl)c4)n2)OCCC3)C2CC2)ccc1OCCO. The van der Waals surface area contributed by atoms with Gasteiger partial charge in [0.05, 0.1) is 25.3 Å². The summed E-state index contributed by atoms with van der Waals surface area (Å²) in [4.78, 5) is 18.3. The van der Waals surface area contributed by atoms with Crippen LogP contribution >= 0.6 is 11.6 Å². The average Bonchev–Trinajstić information content (AvgIpc) is 3.82. The number of rotatable bonds is 10. The molecule has 39 heavy (non-hydrogen) atoms. The Balaban J connectivity index is 1.44. The molecule has 1 aliphatic heterocycles. The molecule has 7 nitrogen and oxygen atoms in total. The Morgan fingerprint density at radius 2 is 2.05 bits per heavy atom. The number of carbonyl (C=O) groups excluding carboxylic acids is 1. The highest BCUT2D eigenvalue weighted by Crippen LogP contribution is 2.48. The van der Waals surface area contributed by atoms with Crippen LogP contribution in [0.2, 0.25) is 5.02 Å². The van der Waals surface area contributed by atoms with Gasteiger partial charge in [0.2, 0.25) is 0 Å². The van der Waals surface area contributed by atoms with E-state index < -0.39 is 11.2 Å². The van der Waals surface area contributed by atoms with E-state index in [1.165, 1.54) is 13.2 Å². The first-order chi connectivity index (χ1) is 18.8. The van der Waals surface area contributed by atoms with Crippen molar-refractivity contribution in [2.45, 2.75) is 38.0 Å². The molecule has 0 bridgehead atoms. The van der Waals surface area contributed by atoms with Crippen LogP contribution in [0.25, 0.3) is 11.3 Å². The van der Waals surface area contributed by atoms with Gasteiger partial charge in [0, 0.05) is 28.8 Å². The third kappa shape index (κ3) is 5.68. The molecule has 2 heterocycles. The number of nitrogens with zero attached hydrogens (tertiary/aromatic N) is 1. The van der Waals surface area contributed by atoms with Crippen LogP contribution in [0.5, 0.6) is 17.2 Å². The minimum atomic E-state index is -0.485. The van der Waals surface area contributed by atoms with Crippen LogP contribution in [0, 0.1) is 11.7 Å². The Bertz CT molecular complexity index is 1380. The van der Waals surface area contributed by atoms with E-state index in [0.717, 1.165) is 36.9 Å². The van der Waals surface area contributed by atoms with Crippen molar-refractivity contribution in [2.75, 3.05) is 33.5 Å². The molecule has 2 aromatic carbocycles. The van der Waals surface area contributed by atoms with Crippen molar-refractivity contribution < 1.29 is 28.5 Å². The molecular formula is C30H32ClFN2O5. The van der Waals surface area contributed by atoms with Crippen LogP contribution in [-0.4, -0.2) is 49.5 Å². The smallest absolute Gasteiger partial charge is 0.251 e. The van der Waals surface area contributed by atoms with Crippen LogP contribution in [0.1, 0.15) is 47.8 Å². The number of ether oxygens (including phenoxy) is 3. The third-order valence-corrected chi connectivity index (χ3v) is 7.82. The van der Waals surface area contributed by atoms with Gasteiger partial charge in [-0.2, -0.15) is 0 Å². The summed E-state index contributed by atoms with van der Waals surface area (Å²) in [6.07, 6.45) is 3.84. The van der Waals surface area contributed by atoms with Crippen molar-refractivity contribution in [1.82, 2.24) is 10.3 Å². The topological polar surface area (TPSA) is 89.9 Å². The Hall–Kier alpha value is -3.36. The van der Waals surface area contributed by atoms with Gasteiger partial charge in [-0.05, 0) is 79.6 Å². The molecule has 1 atom stereocenters. The fourth-order valence-corrected chi connectivity index (χ4v) is 5.30. The fourth-order valence-electron chi connectivity index (χ4n) is 5.12. The zero-order valence-corrected chi connectivity index (χ0v) is 22.8. The standard InChI is InChI=1S/C30H32ClFN2O5/c1-30(21-7-8-21,17-33-29(36)20-6-10-24(38-13-11-35)25(15-20)37-2)26-16-19-4-3-12-39-28(19)27(34-26)18-5-9-23(32)22(31)14-18/h5-6,9-10,14-16,21,35H,3-4,7-8,11-13,17H2,1-2H3,(H,33,36). The highest BCUT2D eigenvalue weighted by molar-refractivity contribution is 6.31. The highest BCUT2D eigenvalue weighted by Gasteiger charge is 2.45. The molecule has 1 amide bonds. The van der Waals surface area contributed by atoms with Gasteiger partial charge in [0.15, 0.2) is 11.5 Å². The maximum Gasteiger partial charge on any atom is 0.251 e. The molecule has 1 saturated carbocycles. The first-order valence-electron chi connectivity index (χ1n) is 13.2. The Labute approximate surface area is 232 Å². The first-order valence-corrected chi connectivity index (χ1v) is 13.5. The molecular weight excluding hydrogens is 523 g/mol. The van der Waals surface area contributed by atoms with Crippen molar-refractivity contribution in [3.8, 4) is 28.5 Å². The Morgan fingerprint density at radius 3 is 2.77 bits per heavy atom. The minimum absolute atomic E-state index is 0.0321. The molecule has 1 fully saturated rings. The number of benzene rings is 2. The third-order valence-electron chi connectivity index (χ3n) is 7.53. The summed E-state index contributed by atoms with van der Waals surface area (Å²) < 4.78 is 30.8. The number of hydrogen-bond acceptors (Lipinski definition) is 6. The number of carbonyl (C=O) groups is 1. The van der Waals surface area contributed by atoms with Crippen molar-refractivity contribution in [3.05, 3.63) is 70.1 Å². The molecule has 0 spiro atoms. The molecule has 1 aliphatic carbocycles. The van der Waals surface area contributed by atoms with E-state index in [4.69, 9.17) is 35.9 Å². The lowest BCUT2D eigenvalue weighted by Gasteiger charge is -2.32. The number of halogens is 2. The maximum absolute atomic E-state index is 13.9. The van der Waals surface area contributed by atoms with E-state index in [2.05, 4.69) is 18.3 Å². The van der Waals surface area contributed by atoms with E-state index in [1.54, 1.807) is 30.3 Å². The zero-order chi connectivity index (χ0) is 27.6. The van der Waals surface area contributed by atoms with Gasteiger partial charge in [-0.25, -0.2) is 9.37 Å². The van der Waals surface area contributed by atoms with Gasteiger partial charge < -0.3 is 24.6 Å². The van der Waals surface area contributed by atoms with Crippen LogP contribution in [0.4, 0.5) is 4.39 Å². The van der Waals surface area contributed by atoms with Gasteiger partial charge in [0.1, 0.15) is 23.9 Å². The lowest BCUT2D eigenvalue weighted by molar-refractivity contribution is 0.0941. The number of hydrogen-bond donors (Lipinski definition) is 2. The largest absolute Gasteiger partial charge is 0.493 e. The van der Waals surface area contributed by atoms with Crippen molar-refractivity contribution in [1.29, 1.82) is 0 Å². The summed E-state index contributed by atoms with van der Waals surface area (Å²) in [5, 5.41) is 12.2. The van der Waals surface area contributed by atoms with E-state index in [1.807, 2.05) is 0 Å². The fraction of sp³-hybridized carbons (Fsp3) is 0.400. The van der Waals surface area contributed by atoms with Crippen LogP contribution in [0.15, 0.2) is 42.5 Å². The summed E-state index contributed by atoms with van der Waals surface area (Å²) in [5.74, 6) is 1.23. The molecule has 2 aliphatic rings. The molecule has 3 aromatic rings. The predicted molar refractivity (Wildman–Crippen MR) is 146 cm³/mol. The number of amides is 1. The first kappa shape index (κ1) is 27.2. The van der Waals surface area contributed by atoms with Gasteiger partial charge in [-0.3, -0.25) is 4.79 Å². The lowest BCUT2D eigenvalue weighted by atomic mass is 9.79. The summed E-state index contributed by atoms with van der Waals surface area (Å²) >= 11 is 6.12. The molecule has 206 valence electrons. The van der Waals surface area contributed by atoms with E-state index in [9.17, 15) is 9.18 Å². The monoisotopic (exact) mass is 554 g/mol. The summed E-state index contributed by atoms with van der Waals surface area (Å²) in [5.41, 5.74) is 3.28. The zero-order valence-electron chi connectivity index (χ0n) is 22.1. The van der Waals surface area contributed by atoms with Crippen molar-refractivity contribution >= 4 is 17.5 Å². The Kier molecular flexibility index (Phi) is 7.96. The van der Waals surface area contributed by atoms with Gasteiger partial charge in [-0.1, -0.05) is 18.5 Å². The second kappa shape index (κ2) is 11.4. The summed E-state index contributed by atoms with van der Waals surface area (Å²) in [7, 11) is 1.50. The van der Waals surface area contributed by atoms with E-state index >= 15 is 0 Å². The van der Waals surface area contributed by atoms with Crippen LogP contribution in [0.3, 0.4) is 0 Å². The van der Waals surface area contributed by atoms with Gasteiger partial charge in [-0.15, -0.1) is 0 Å². The lowest BCUT2D eigenvalue weighted by Crippen LogP contribution is -2.41. The second-order valence-corrected chi connectivity index (χ2v) is 10.6. The number of methoxy groups -OCH3 is 1. The van der Waals surface area contributed by atoms with Crippen LogP contribution < -0.4 is 19.5 Å². The number of pyridine rings is 1. The van der Waals surface area contributed by atoms with E-state index in [0.29, 0.717) is 53.1 Å². The number of aliphatic hydroxyl groups excluding tert-OH is 1.